The summed E-state index contributed by atoms with van der Waals surface area (Å²) in [6, 6.07) is 12.7. The predicted molar refractivity (Wildman–Crippen MR) is 73.6 cm³/mol. The molecule has 0 saturated heterocycles. The Hall–Kier alpha value is -2.18. The molecule has 0 radical (unpaired) electrons. The van der Waals surface area contributed by atoms with Crippen molar-refractivity contribution in [3.63, 3.8) is 0 Å². The van der Waals surface area contributed by atoms with E-state index in [1.165, 1.54) is 4.88 Å². The van der Waals surface area contributed by atoms with Crippen molar-refractivity contribution >= 4 is 23.2 Å². The zero-order valence-electron chi connectivity index (χ0n) is 9.88. The summed E-state index contributed by atoms with van der Waals surface area (Å²) in [6.07, 6.45) is 3.38. The number of ketones is 1. The molecular weight excluding hydrogens is 242 g/mol. The van der Waals surface area contributed by atoms with Gasteiger partial charge in [-0.05, 0) is 55.5 Å². The Balaban J connectivity index is 2.12. The van der Waals surface area contributed by atoms with E-state index < -0.39 is 0 Å². The van der Waals surface area contributed by atoms with E-state index in [4.69, 9.17) is 5.26 Å². The minimum absolute atomic E-state index is 0.0504. The van der Waals surface area contributed by atoms with Crippen molar-refractivity contribution in [1.82, 2.24) is 0 Å². The number of benzene rings is 1. The normalized spacial score (nSPS) is 10.4. The molecule has 0 bridgehead atoms. The average Bonchev–Trinajstić information content (AvgIpc) is 2.82. The molecule has 3 heteroatoms. The van der Waals surface area contributed by atoms with Gasteiger partial charge in [-0.2, -0.15) is 5.26 Å². The maximum Gasteiger partial charge on any atom is 0.185 e. The van der Waals surface area contributed by atoms with Gasteiger partial charge in [0.2, 0.25) is 0 Å². The van der Waals surface area contributed by atoms with Crippen LogP contribution in [0.5, 0.6) is 0 Å². The maximum absolute atomic E-state index is 11.9. The van der Waals surface area contributed by atoms with Gasteiger partial charge < -0.3 is 0 Å². The minimum atomic E-state index is -0.0504. The summed E-state index contributed by atoms with van der Waals surface area (Å²) in [5.41, 5.74) is 1.16. The fraction of sp³-hybridized carbons (Fsp3) is 0.0667. The van der Waals surface area contributed by atoms with Crippen LogP contribution in [0.15, 0.2) is 42.5 Å². The van der Waals surface area contributed by atoms with Crippen LogP contribution in [0.2, 0.25) is 0 Å². The number of hydrogen-bond donors (Lipinski definition) is 0. The zero-order valence-corrected chi connectivity index (χ0v) is 10.7. The summed E-state index contributed by atoms with van der Waals surface area (Å²) < 4.78 is 0. The second-order valence-electron chi connectivity index (χ2n) is 3.84. The van der Waals surface area contributed by atoms with Crippen molar-refractivity contribution in [3.05, 3.63) is 63.4 Å². The van der Waals surface area contributed by atoms with Crippen LogP contribution < -0.4 is 0 Å². The first kappa shape index (κ1) is 12.3. The van der Waals surface area contributed by atoms with Crippen molar-refractivity contribution in [3.8, 4) is 6.07 Å². The molecule has 0 spiro atoms. The Morgan fingerprint density at radius 1 is 1.22 bits per heavy atom. The molecule has 1 heterocycles. The van der Waals surface area contributed by atoms with Gasteiger partial charge in [-0.25, -0.2) is 0 Å². The molecule has 0 aliphatic heterocycles. The monoisotopic (exact) mass is 253 g/mol. The fourth-order valence-corrected chi connectivity index (χ4v) is 2.29. The van der Waals surface area contributed by atoms with Crippen molar-refractivity contribution in [2.45, 2.75) is 6.92 Å². The van der Waals surface area contributed by atoms with E-state index in [9.17, 15) is 4.79 Å². The lowest BCUT2D eigenvalue weighted by Gasteiger charge is -1.95. The highest BCUT2D eigenvalue weighted by atomic mass is 32.1. The Morgan fingerprint density at radius 2 is 1.94 bits per heavy atom. The first-order valence-corrected chi connectivity index (χ1v) is 6.30. The lowest BCUT2D eigenvalue weighted by molar-refractivity contribution is 0.104. The number of carbonyl (C=O) groups is 1. The van der Waals surface area contributed by atoms with Crippen molar-refractivity contribution in [1.29, 1.82) is 5.26 Å². The number of aryl methyl sites for hydroxylation is 1. The summed E-state index contributed by atoms with van der Waals surface area (Å²) >= 11 is 1.65. The largest absolute Gasteiger partial charge is 0.289 e. The number of thiophene rings is 1. The van der Waals surface area contributed by atoms with Gasteiger partial charge in [0.1, 0.15) is 0 Å². The predicted octanol–water partition coefficient (Wildman–Crippen LogP) is 3.82. The second-order valence-corrected chi connectivity index (χ2v) is 5.15. The van der Waals surface area contributed by atoms with Crippen LogP contribution in [0.1, 0.15) is 25.7 Å². The van der Waals surface area contributed by atoms with Crippen molar-refractivity contribution in [2.24, 2.45) is 0 Å². The van der Waals surface area contributed by atoms with Gasteiger partial charge in [-0.15, -0.1) is 11.3 Å². The van der Waals surface area contributed by atoms with E-state index in [1.54, 1.807) is 41.7 Å². The smallest absolute Gasteiger partial charge is 0.185 e. The average molecular weight is 253 g/mol. The third-order valence-corrected chi connectivity index (χ3v) is 3.42. The third-order valence-electron chi connectivity index (χ3n) is 2.46. The van der Waals surface area contributed by atoms with Crippen LogP contribution in [0.4, 0.5) is 0 Å². The molecule has 2 rings (SSSR count). The number of nitriles is 1. The van der Waals surface area contributed by atoms with Crippen molar-refractivity contribution in [2.75, 3.05) is 0 Å². The molecule has 0 saturated carbocycles. The topological polar surface area (TPSA) is 40.9 Å². The van der Waals surface area contributed by atoms with E-state index >= 15 is 0 Å². The number of rotatable bonds is 3. The Kier molecular flexibility index (Phi) is 3.71. The van der Waals surface area contributed by atoms with Crippen LogP contribution in [0.3, 0.4) is 0 Å². The molecule has 88 valence electrons. The number of allylic oxidation sites excluding steroid dienone is 1. The van der Waals surface area contributed by atoms with Crippen LogP contribution in [-0.2, 0) is 0 Å². The maximum atomic E-state index is 11.9. The van der Waals surface area contributed by atoms with E-state index in [1.807, 2.05) is 31.2 Å². The third kappa shape index (κ3) is 2.93. The lowest BCUT2D eigenvalue weighted by Crippen LogP contribution is -1.93. The SMILES string of the molecule is Cc1ccc(C=CC(=O)c2ccc(C#N)cc2)s1. The van der Waals surface area contributed by atoms with Gasteiger partial charge in [0.25, 0.3) is 0 Å². The Labute approximate surface area is 110 Å². The van der Waals surface area contributed by atoms with E-state index in [-0.39, 0.29) is 5.78 Å². The van der Waals surface area contributed by atoms with Gasteiger partial charge in [-0.1, -0.05) is 0 Å². The number of hydrogen-bond acceptors (Lipinski definition) is 3. The van der Waals surface area contributed by atoms with Gasteiger partial charge in [0.15, 0.2) is 5.78 Å². The van der Waals surface area contributed by atoms with Gasteiger partial charge in [-0.3, -0.25) is 4.79 Å². The van der Waals surface area contributed by atoms with Crippen LogP contribution in [-0.4, -0.2) is 5.78 Å². The van der Waals surface area contributed by atoms with E-state index in [2.05, 4.69) is 0 Å². The first-order valence-electron chi connectivity index (χ1n) is 5.48. The number of carbonyl (C=O) groups excluding carboxylic acids is 1. The summed E-state index contributed by atoms with van der Waals surface area (Å²) in [7, 11) is 0. The summed E-state index contributed by atoms with van der Waals surface area (Å²) in [5.74, 6) is -0.0504. The second kappa shape index (κ2) is 5.44. The van der Waals surface area contributed by atoms with Crippen LogP contribution in [0, 0.1) is 18.3 Å². The highest BCUT2D eigenvalue weighted by Crippen LogP contribution is 2.17. The van der Waals surface area contributed by atoms with Gasteiger partial charge in [0.05, 0.1) is 11.6 Å². The zero-order chi connectivity index (χ0) is 13.0. The molecule has 0 fully saturated rings. The molecule has 2 aromatic rings. The highest BCUT2D eigenvalue weighted by molar-refractivity contribution is 7.12. The fourth-order valence-electron chi connectivity index (χ4n) is 1.51. The molecule has 0 unspecified atom stereocenters. The first-order chi connectivity index (χ1) is 8.69. The quantitative estimate of drug-likeness (QED) is 0.616. The summed E-state index contributed by atoms with van der Waals surface area (Å²) in [5, 5.41) is 8.67. The molecule has 0 aliphatic carbocycles. The van der Waals surface area contributed by atoms with Crippen LogP contribution >= 0.6 is 11.3 Å². The molecule has 18 heavy (non-hydrogen) atoms. The summed E-state index contributed by atoms with van der Waals surface area (Å²) in [6.45, 7) is 2.03. The molecule has 2 nitrogen and oxygen atoms in total. The van der Waals surface area contributed by atoms with Gasteiger partial charge in [0, 0.05) is 15.3 Å². The van der Waals surface area contributed by atoms with Gasteiger partial charge >= 0.3 is 0 Å². The molecule has 0 atom stereocenters. The molecule has 1 aromatic carbocycles. The molecule has 0 aliphatic rings. The summed E-state index contributed by atoms with van der Waals surface area (Å²) in [4.78, 5) is 14.1. The highest BCUT2D eigenvalue weighted by Gasteiger charge is 2.01. The van der Waals surface area contributed by atoms with Crippen LogP contribution in [0.25, 0.3) is 6.08 Å². The number of nitrogens with zero attached hydrogens (tertiary/aromatic N) is 1. The van der Waals surface area contributed by atoms with E-state index in [0.717, 1.165) is 4.88 Å². The Bertz CT molecular complexity index is 629. The van der Waals surface area contributed by atoms with Crippen molar-refractivity contribution < 1.29 is 4.79 Å². The van der Waals surface area contributed by atoms with E-state index in [0.29, 0.717) is 11.1 Å². The standard InChI is InChI=1S/C15H11NOS/c1-11-2-7-14(18-11)8-9-15(17)13-5-3-12(10-16)4-6-13/h2-9H,1H3. The minimum Gasteiger partial charge on any atom is -0.289 e. The Morgan fingerprint density at radius 3 is 2.50 bits per heavy atom. The lowest BCUT2D eigenvalue weighted by atomic mass is 10.1. The molecule has 1 aromatic heterocycles. The molecule has 0 amide bonds. The molecule has 0 N–H and O–H groups in total. The molecular formula is C15H11NOS.